The quantitative estimate of drug-likeness (QED) is 0.239. The summed E-state index contributed by atoms with van der Waals surface area (Å²) in [6.07, 6.45) is 3.31. The molecule has 0 heterocycles. The van der Waals surface area contributed by atoms with Crippen molar-refractivity contribution in [3.05, 3.63) is 0 Å². The van der Waals surface area contributed by atoms with Crippen molar-refractivity contribution in [1.82, 2.24) is 5.32 Å². The van der Waals surface area contributed by atoms with Crippen LogP contribution < -0.4 is 11.1 Å². The lowest BCUT2D eigenvalue weighted by Crippen LogP contribution is -2.35. The molecule has 1 aliphatic carbocycles. The van der Waals surface area contributed by atoms with Gasteiger partial charge in [0.15, 0.2) is 0 Å². The Morgan fingerprint density at radius 1 is 1.44 bits per heavy atom. The Kier molecular flexibility index (Phi) is 4.99. The molecule has 0 aromatic rings. The van der Waals surface area contributed by atoms with E-state index in [0.717, 1.165) is 25.8 Å². The fraction of sp³-hybridized carbons (Fsp3) is 0.923. The molecule has 0 amide bonds. The van der Waals surface area contributed by atoms with Crippen molar-refractivity contribution < 1.29 is 10.3 Å². The van der Waals surface area contributed by atoms with Crippen LogP contribution in [0.5, 0.6) is 0 Å². The Bertz CT molecular complexity index is 293. The van der Waals surface area contributed by atoms with Gasteiger partial charge in [-0.3, -0.25) is 0 Å². The highest BCUT2D eigenvalue weighted by Gasteiger charge is 2.42. The molecule has 1 atom stereocenters. The molecule has 18 heavy (non-hydrogen) atoms. The molecule has 0 aromatic heterocycles. The molecule has 1 unspecified atom stereocenters. The topological polar surface area (TPSA) is 90.9 Å². The molecule has 0 bridgehead atoms. The Balaban J connectivity index is 2.22. The van der Waals surface area contributed by atoms with E-state index >= 15 is 0 Å². The first-order chi connectivity index (χ1) is 8.26. The summed E-state index contributed by atoms with van der Waals surface area (Å²) in [6.45, 7) is 7.80. The Hall–Kier alpha value is -0.810. The van der Waals surface area contributed by atoms with Crippen LogP contribution in [0.25, 0.3) is 0 Å². The van der Waals surface area contributed by atoms with Crippen molar-refractivity contribution in [3.8, 4) is 0 Å². The van der Waals surface area contributed by atoms with Crippen LogP contribution in [0.3, 0.4) is 0 Å². The number of hydrogen-bond acceptors (Lipinski definition) is 4. The third kappa shape index (κ3) is 5.69. The maximum atomic E-state index is 9.88. The van der Waals surface area contributed by atoms with E-state index in [1.54, 1.807) is 0 Å². The molecule has 0 spiro atoms. The molecule has 5 heteroatoms. The number of hydrogen-bond donors (Lipinski definition) is 4. The Labute approximate surface area is 109 Å². The summed E-state index contributed by atoms with van der Waals surface area (Å²) in [5, 5.41) is 24.8. The number of nitrogens with two attached hydrogens (primary N) is 1. The SMILES string of the molecule is CC(C)(C)CC(O)CNCC1(CC(N)=NO)CC1. The molecule has 0 aliphatic heterocycles. The van der Waals surface area contributed by atoms with E-state index < -0.39 is 0 Å². The van der Waals surface area contributed by atoms with E-state index in [1.807, 2.05) is 0 Å². The van der Waals surface area contributed by atoms with Crippen LogP contribution in [-0.2, 0) is 0 Å². The molecule has 1 saturated carbocycles. The number of amidine groups is 1. The summed E-state index contributed by atoms with van der Waals surface area (Å²) in [6, 6.07) is 0. The highest BCUT2D eigenvalue weighted by atomic mass is 16.4. The van der Waals surface area contributed by atoms with Gasteiger partial charge in [0, 0.05) is 19.5 Å². The standard InChI is InChI=1S/C13H27N3O2/c1-12(2,3)6-10(17)8-15-9-13(4-5-13)7-11(14)16-18/h10,15,17-18H,4-9H2,1-3H3,(H2,14,16). The Morgan fingerprint density at radius 3 is 2.50 bits per heavy atom. The second-order valence-electron chi connectivity index (χ2n) is 6.82. The summed E-state index contributed by atoms with van der Waals surface area (Å²) in [5.41, 5.74) is 5.83. The summed E-state index contributed by atoms with van der Waals surface area (Å²) < 4.78 is 0. The van der Waals surface area contributed by atoms with Crippen molar-refractivity contribution >= 4 is 5.84 Å². The van der Waals surface area contributed by atoms with Crippen LogP contribution in [0.2, 0.25) is 0 Å². The van der Waals surface area contributed by atoms with Gasteiger partial charge in [-0.15, -0.1) is 0 Å². The number of oxime groups is 1. The predicted octanol–water partition coefficient (Wildman–Crippen LogP) is 1.29. The number of rotatable bonds is 7. The highest BCUT2D eigenvalue weighted by molar-refractivity contribution is 5.80. The molecule has 5 nitrogen and oxygen atoms in total. The predicted molar refractivity (Wildman–Crippen MR) is 72.6 cm³/mol. The third-order valence-electron chi connectivity index (χ3n) is 3.37. The van der Waals surface area contributed by atoms with Gasteiger partial charge in [-0.05, 0) is 30.1 Å². The van der Waals surface area contributed by atoms with Gasteiger partial charge in [0.2, 0.25) is 0 Å². The Morgan fingerprint density at radius 2 is 2.06 bits per heavy atom. The van der Waals surface area contributed by atoms with E-state index in [-0.39, 0.29) is 16.9 Å². The number of aliphatic hydroxyl groups is 1. The monoisotopic (exact) mass is 257 g/mol. The average Bonchev–Trinajstić information content (AvgIpc) is 2.95. The second-order valence-corrected chi connectivity index (χ2v) is 6.82. The summed E-state index contributed by atoms with van der Waals surface area (Å²) in [4.78, 5) is 0. The van der Waals surface area contributed by atoms with Crippen LogP contribution >= 0.6 is 0 Å². The van der Waals surface area contributed by atoms with E-state index in [4.69, 9.17) is 10.9 Å². The number of nitrogens with zero attached hydrogens (tertiary/aromatic N) is 1. The molecule has 0 saturated heterocycles. The van der Waals surface area contributed by atoms with Crippen LogP contribution in [0, 0.1) is 10.8 Å². The minimum Gasteiger partial charge on any atom is -0.409 e. The van der Waals surface area contributed by atoms with Gasteiger partial charge in [0.1, 0.15) is 5.84 Å². The lowest BCUT2D eigenvalue weighted by atomic mass is 9.89. The van der Waals surface area contributed by atoms with Gasteiger partial charge >= 0.3 is 0 Å². The maximum Gasteiger partial charge on any atom is 0.139 e. The number of nitrogens with one attached hydrogen (secondary N) is 1. The lowest BCUT2D eigenvalue weighted by Gasteiger charge is -2.23. The van der Waals surface area contributed by atoms with Gasteiger partial charge in [-0.1, -0.05) is 25.9 Å². The zero-order valence-electron chi connectivity index (χ0n) is 11.7. The van der Waals surface area contributed by atoms with Gasteiger partial charge < -0.3 is 21.4 Å². The molecule has 0 aromatic carbocycles. The van der Waals surface area contributed by atoms with Crippen molar-refractivity contribution in [3.63, 3.8) is 0 Å². The highest BCUT2D eigenvalue weighted by Crippen LogP contribution is 2.48. The molecular formula is C13H27N3O2. The van der Waals surface area contributed by atoms with E-state index in [9.17, 15) is 5.11 Å². The van der Waals surface area contributed by atoms with Crippen LogP contribution in [0.4, 0.5) is 0 Å². The van der Waals surface area contributed by atoms with Crippen LogP contribution in [0.1, 0.15) is 46.5 Å². The first-order valence-corrected chi connectivity index (χ1v) is 6.62. The minimum atomic E-state index is -0.315. The largest absolute Gasteiger partial charge is 0.409 e. The first-order valence-electron chi connectivity index (χ1n) is 6.62. The van der Waals surface area contributed by atoms with Crippen LogP contribution in [0.15, 0.2) is 5.16 Å². The third-order valence-corrected chi connectivity index (χ3v) is 3.37. The average molecular weight is 257 g/mol. The zero-order chi connectivity index (χ0) is 13.8. The summed E-state index contributed by atoms with van der Waals surface area (Å²) >= 11 is 0. The van der Waals surface area contributed by atoms with Gasteiger partial charge in [-0.25, -0.2) is 0 Å². The van der Waals surface area contributed by atoms with Crippen molar-refractivity contribution in [2.45, 2.75) is 52.6 Å². The first kappa shape index (κ1) is 15.2. The fourth-order valence-electron chi connectivity index (χ4n) is 2.30. The van der Waals surface area contributed by atoms with Gasteiger partial charge in [0.05, 0.1) is 6.10 Å². The van der Waals surface area contributed by atoms with Crippen molar-refractivity contribution in [2.24, 2.45) is 21.7 Å². The molecular weight excluding hydrogens is 230 g/mol. The molecule has 1 fully saturated rings. The normalized spacial score (nSPS) is 20.8. The smallest absolute Gasteiger partial charge is 0.139 e. The minimum absolute atomic E-state index is 0.145. The van der Waals surface area contributed by atoms with Gasteiger partial charge in [0.25, 0.3) is 0 Å². The lowest BCUT2D eigenvalue weighted by molar-refractivity contribution is 0.118. The number of aliphatic hydroxyl groups excluding tert-OH is 1. The maximum absolute atomic E-state index is 9.88. The van der Waals surface area contributed by atoms with Crippen LogP contribution in [-0.4, -0.2) is 35.3 Å². The fourth-order valence-corrected chi connectivity index (χ4v) is 2.30. The van der Waals surface area contributed by atoms with Crippen molar-refractivity contribution in [2.75, 3.05) is 13.1 Å². The second kappa shape index (κ2) is 5.89. The van der Waals surface area contributed by atoms with E-state index in [0.29, 0.717) is 18.8 Å². The summed E-state index contributed by atoms with van der Waals surface area (Å²) in [5.74, 6) is 0.296. The molecule has 1 aliphatic rings. The molecule has 5 N–H and O–H groups in total. The molecule has 1 rings (SSSR count). The molecule has 106 valence electrons. The van der Waals surface area contributed by atoms with Crippen molar-refractivity contribution in [1.29, 1.82) is 0 Å². The van der Waals surface area contributed by atoms with E-state index in [1.165, 1.54) is 0 Å². The van der Waals surface area contributed by atoms with Gasteiger partial charge in [-0.2, -0.15) is 0 Å². The zero-order valence-corrected chi connectivity index (χ0v) is 11.7. The summed E-state index contributed by atoms with van der Waals surface area (Å²) in [7, 11) is 0. The molecule has 0 radical (unpaired) electrons. The van der Waals surface area contributed by atoms with E-state index in [2.05, 4.69) is 31.2 Å².